The zero-order valence-corrected chi connectivity index (χ0v) is 14.9. The Morgan fingerprint density at radius 2 is 1.76 bits per heavy atom. The molecule has 140 valence electrons. The molecule has 0 bridgehead atoms. The number of aliphatic hydroxyl groups is 1. The minimum Gasteiger partial charge on any atom is -0.489 e. The molecule has 1 aromatic rings. The molecule has 1 aromatic carbocycles. The lowest BCUT2D eigenvalue weighted by Crippen LogP contribution is -2.45. The van der Waals surface area contributed by atoms with Crippen molar-refractivity contribution in [3.05, 3.63) is 30.1 Å². The van der Waals surface area contributed by atoms with Crippen LogP contribution in [0.2, 0.25) is 0 Å². The number of β-amino-alcohol motifs (C(OH)–C–C–N with tert-alkyl or cyclic N) is 1. The molecule has 1 saturated heterocycles. The Hall–Kier alpha value is -1.17. The van der Waals surface area contributed by atoms with Gasteiger partial charge in [0.25, 0.3) is 0 Å². The number of benzene rings is 1. The van der Waals surface area contributed by atoms with Crippen molar-refractivity contribution in [3.63, 3.8) is 0 Å². The second kappa shape index (κ2) is 9.51. The van der Waals surface area contributed by atoms with Gasteiger partial charge in [0.1, 0.15) is 17.7 Å². The third-order valence-corrected chi connectivity index (χ3v) is 5.12. The van der Waals surface area contributed by atoms with Crippen LogP contribution in [0.5, 0.6) is 5.75 Å². The topological polar surface area (TPSA) is 41.9 Å². The minimum atomic E-state index is -0.452. The molecule has 1 aliphatic heterocycles. The van der Waals surface area contributed by atoms with Crippen molar-refractivity contribution < 1.29 is 19.0 Å². The molecule has 0 radical (unpaired) electrons. The predicted octanol–water partition coefficient (Wildman–Crippen LogP) is 3.38. The third-order valence-electron chi connectivity index (χ3n) is 5.12. The molecular weight excluding hydrogens is 321 g/mol. The molecule has 0 spiro atoms. The van der Waals surface area contributed by atoms with Gasteiger partial charge in [-0.3, -0.25) is 4.90 Å². The standard InChI is InChI=1S/C20H30FNO3/c21-16-8-10-19(11-9-16)25-20-7-4-12-22(14-20)13-17(23)15-24-18-5-2-1-3-6-18/h8-11,17-18,20,23H,1-7,12-15H2/t17-,20+/m0/s1. The first kappa shape index (κ1) is 18.6. The molecule has 1 aliphatic carbocycles. The van der Waals surface area contributed by atoms with E-state index in [4.69, 9.17) is 9.47 Å². The molecule has 4 nitrogen and oxygen atoms in total. The van der Waals surface area contributed by atoms with Gasteiger partial charge in [0.05, 0.1) is 18.8 Å². The first-order valence-electron chi connectivity index (χ1n) is 9.63. The molecular formula is C20H30FNO3. The van der Waals surface area contributed by atoms with Crippen LogP contribution in [0.15, 0.2) is 24.3 Å². The number of halogens is 1. The van der Waals surface area contributed by atoms with Crippen molar-refractivity contribution in [3.8, 4) is 5.75 Å². The van der Waals surface area contributed by atoms with Crippen LogP contribution in [0, 0.1) is 5.82 Å². The van der Waals surface area contributed by atoms with Gasteiger partial charge in [0, 0.05) is 13.1 Å². The Morgan fingerprint density at radius 3 is 2.52 bits per heavy atom. The van der Waals surface area contributed by atoms with Gasteiger partial charge in [-0.15, -0.1) is 0 Å². The molecule has 1 heterocycles. The van der Waals surface area contributed by atoms with Crippen LogP contribution in [0.25, 0.3) is 0 Å². The minimum absolute atomic E-state index is 0.0886. The van der Waals surface area contributed by atoms with Gasteiger partial charge in [-0.1, -0.05) is 19.3 Å². The first-order valence-corrected chi connectivity index (χ1v) is 9.63. The first-order chi connectivity index (χ1) is 12.2. The summed E-state index contributed by atoms with van der Waals surface area (Å²) in [7, 11) is 0. The maximum atomic E-state index is 13.0. The van der Waals surface area contributed by atoms with Gasteiger partial charge in [-0.25, -0.2) is 4.39 Å². The maximum Gasteiger partial charge on any atom is 0.123 e. The van der Waals surface area contributed by atoms with E-state index in [0.717, 1.165) is 38.8 Å². The summed E-state index contributed by atoms with van der Waals surface area (Å²) in [5, 5.41) is 10.3. The van der Waals surface area contributed by atoms with E-state index in [1.165, 1.54) is 31.4 Å². The van der Waals surface area contributed by atoms with E-state index < -0.39 is 6.10 Å². The van der Waals surface area contributed by atoms with Gasteiger partial charge in [-0.05, 0) is 56.5 Å². The molecule has 1 saturated carbocycles. The lowest BCUT2D eigenvalue weighted by Gasteiger charge is -2.34. The maximum absolute atomic E-state index is 13.0. The Morgan fingerprint density at radius 1 is 1.04 bits per heavy atom. The number of nitrogens with zero attached hydrogens (tertiary/aromatic N) is 1. The molecule has 25 heavy (non-hydrogen) atoms. The van der Waals surface area contributed by atoms with Gasteiger partial charge in [0.2, 0.25) is 0 Å². The highest BCUT2D eigenvalue weighted by Gasteiger charge is 2.24. The number of rotatable bonds is 7. The Kier molecular flexibility index (Phi) is 7.08. The summed E-state index contributed by atoms with van der Waals surface area (Å²) in [5.74, 6) is 0.452. The fourth-order valence-corrected chi connectivity index (χ4v) is 3.81. The summed E-state index contributed by atoms with van der Waals surface area (Å²) in [6, 6.07) is 6.17. The van der Waals surface area contributed by atoms with Crippen molar-refractivity contribution in [2.24, 2.45) is 0 Å². The second-order valence-corrected chi connectivity index (χ2v) is 7.34. The fraction of sp³-hybridized carbons (Fsp3) is 0.700. The number of likely N-dealkylation sites (tertiary alicyclic amines) is 1. The highest BCUT2D eigenvalue weighted by Crippen LogP contribution is 2.21. The van der Waals surface area contributed by atoms with Crippen LogP contribution in [0.4, 0.5) is 4.39 Å². The van der Waals surface area contributed by atoms with Crippen molar-refractivity contribution in [1.29, 1.82) is 0 Å². The van der Waals surface area contributed by atoms with Gasteiger partial charge < -0.3 is 14.6 Å². The normalized spacial score (nSPS) is 24.2. The van der Waals surface area contributed by atoms with Crippen LogP contribution in [-0.2, 0) is 4.74 Å². The van der Waals surface area contributed by atoms with Crippen molar-refractivity contribution in [2.45, 2.75) is 63.3 Å². The zero-order valence-electron chi connectivity index (χ0n) is 14.9. The van der Waals surface area contributed by atoms with Crippen LogP contribution >= 0.6 is 0 Å². The largest absolute Gasteiger partial charge is 0.489 e. The molecule has 1 N–H and O–H groups in total. The predicted molar refractivity (Wildman–Crippen MR) is 95.3 cm³/mol. The molecule has 0 unspecified atom stereocenters. The number of hydrogen-bond donors (Lipinski definition) is 1. The molecule has 2 aliphatic rings. The highest BCUT2D eigenvalue weighted by atomic mass is 19.1. The van der Waals surface area contributed by atoms with E-state index in [2.05, 4.69) is 4.90 Å². The highest BCUT2D eigenvalue weighted by molar-refractivity contribution is 5.22. The SMILES string of the molecule is O[C@H](COC1CCCCC1)CN1CCC[C@@H](Oc2ccc(F)cc2)C1. The van der Waals surface area contributed by atoms with Gasteiger partial charge in [0.15, 0.2) is 0 Å². The summed E-state index contributed by atoms with van der Waals surface area (Å²) in [5.41, 5.74) is 0. The lowest BCUT2D eigenvalue weighted by molar-refractivity contribution is -0.0391. The smallest absolute Gasteiger partial charge is 0.123 e. The molecule has 0 aromatic heterocycles. The zero-order chi connectivity index (χ0) is 17.5. The molecule has 3 rings (SSSR count). The Bertz CT molecular complexity index is 504. The lowest BCUT2D eigenvalue weighted by atomic mass is 9.98. The van der Waals surface area contributed by atoms with Crippen LogP contribution < -0.4 is 4.74 Å². The monoisotopic (exact) mass is 351 g/mol. The van der Waals surface area contributed by atoms with E-state index in [1.54, 1.807) is 12.1 Å². The van der Waals surface area contributed by atoms with Crippen molar-refractivity contribution >= 4 is 0 Å². The van der Waals surface area contributed by atoms with E-state index >= 15 is 0 Å². The van der Waals surface area contributed by atoms with Crippen LogP contribution in [0.1, 0.15) is 44.9 Å². The molecule has 2 atom stereocenters. The summed E-state index contributed by atoms with van der Waals surface area (Å²) in [4.78, 5) is 2.24. The third kappa shape index (κ3) is 6.24. The van der Waals surface area contributed by atoms with Crippen molar-refractivity contribution in [1.82, 2.24) is 4.90 Å². The van der Waals surface area contributed by atoms with Gasteiger partial charge in [-0.2, -0.15) is 0 Å². The van der Waals surface area contributed by atoms with Gasteiger partial charge >= 0.3 is 0 Å². The number of hydrogen-bond acceptors (Lipinski definition) is 4. The number of aliphatic hydroxyl groups excluding tert-OH is 1. The Labute approximate surface area is 149 Å². The Balaban J connectivity index is 1.39. The molecule has 2 fully saturated rings. The van der Waals surface area contributed by atoms with E-state index in [1.807, 2.05) is 0 Å². The number of piperidine rings is 1. The second-order valence-electron chi connectivity index (χ2n) is 7.34. The fourth-order valence-electron chi connectivity index (χ4n) is 3.81. The average Bonchev–Trinajstić information content (AvgIpc) is 2.63. The van der Waals surface area contributed by atoms with Crippen LogP contribution in [0.3, 0.4) is 0 Å². The molecule has 5 heteroatoms. The average molecular weight is 351 g/mol. The summed E-state index contributed by atoms with van der Waals surface area (Å²) in [6.45, 7) is 2.81. The van der Waals surface area contributed by atoms with E-state index in [9.17, 15) is 9.50 Å². The van der Waals surface area contributed by atoms with Crippen molar-refractivity contribution in [2.75, 3.05) is 26.2 Å². The molecule has 0 amide bonds. The van der Waals surface area contributed by atoms with E-state index in [-0.39, 0.29) is 11.9 Å². The van der Waals surface area contributed by atoms with Crippen LogP contribution in [-0.4, -0.2) is 54.6 Å². The summed E-state index contributed by atoms with van der Waals surface area (Å²) < 4.78 is 24.8. The number of ether oxygens (including phenoxy) is 2. The quantitative estimate of drug-likeness (QED) is 0.818. The summed E-state index contributed by atoms with van der Waals surface area (Å²) in [6.07, 6.45) is 8.06. The van der Waals surface area contributed by atoms with E-state index in [0.29, 0.717) is 25.0 Å². The summed E-state index contributed by atoms with van der Waals surface area (Å²) >= 11 is 0.